The van der Waals surface area contributed by atoms with Gasteiger partial charge in [0, 0.05) is 29.1 Å². The van der Waals surface area contributed by atoms with Gasteiger partial charge in [-0.2, -0.15) is 0 Å². The number of Topliss-reactive ketones (excluding diaryl/α,β-unsaturated/α-hetero) is 1. The molecule has 0 amide bonds. The van der Waals surface area contributed by atoms with Gasteiger partial charge < -0.3 is 10.3 Å². The lowest BCUT2D eigenvalue weighted by atomic mass is 9.80. The summed E-state index contributed by atoms with van der Waals surface area (Å²) in [6.07, 6.45) is 7.20. The van der Waals surface area contributed by atoms with Gasteiger partial charge in [-0.3, -0.25) is 9.78 Å². The molecule has 0 bridgehead atoms. The number of hydroxylamine groups is 2. The monoisotopic (exact) mass is 306 g/mol. The number of carbonyl (C=O) groups is 1. The second-order valence-corrected chi connectivity index (χ2v) is 6.29. The minimum Gasteiger partial charge on any atom is -0.634 e. The fourth-order valence-electron chi connectivity index (χ4n) is 3.59. The molecule has 0 spiro atoms. The van der Waals surface area contributed by atoms with Crippen molar-refractivity contribution in [2.45, 2.75) is 12.8 Å². The molecule has 116 valence electrons. The second kappa shape index (κ2) is 5.72. The average molecular weight is 306 g/mol. The first-order valence-electron chi connectivity index (χ1n) is 8.02. The van der Waals surface area contributed by atoms with Crippen molar-refractivity contribution >= 4 is 16.7 Å². The summed E-state index contributed by atoms with van der Waals surface area (Å²) in [5, 5.41) is 12.8. The van der Waals surface area contributed by atoms with Crippen LogP contribution in [-0.2, 0) is 0 Å². The van der Waals surface area contributed by atoms with Gasteiger partial charge in [0.1, 0.15) is 0 Å². The number of rotatable bonds is 2. The maximum Gasteiger partial charge on any atom is 0.189 e. The zero-order valence-corrected chi connectivity index (χ0v) is 12.8. The molecule has 0 radical (unpaired) electrons. The van der Waals surface area contributed by atoms with E-state index in [1.807, 2.05) is 36.4 Å². The lowest BCUT2D eigenvalue weighted by molar-refractivity contribution is -0.848. The highest BCUT2D eigenvalue weighted by Gasteiger charge is 2.28. The molecule has 1 N–H and O–H groups in total. The van der Waals surface area contributed by atoms with Gasteiger partial charge >= 0.3 is 0 Å². The normalized spacial score (nSPS) is 23.9. The third kappa shape index (κ3) is 2.60. The van der Waals surface area contributed by atoms with Crippen LogP contribution in [0.4, 0.5) is 0 Å². The van der Waals surface area contributed by atoms with E-state index in [0.717, 1.165) is 29.3 Å². The van der Waals surface area contributed by atoms with Gasteiger partial charge in [0.25, 0.3) is 0 Å². The molecule has 2 atom stereocenters. The highest BCUT2D eigenvalue weighted by molar-refractivity contribution is 6.15. The van der Waals surface area contributed by atoms with Gasteiger partial charge in [0.2, 0.25) is 0 Å². The number of piperidine rings is 1. The van der Waals surface area contributed by atoms with Gasteiger partial charge in [-0.05, 0) is 30.0 Å². The van der Waals surface area contributed by atoms with E-state index in [4.69, 9.17) is 0 Å². The number of hydrogen-bond acceptors (Lipinski definition) is 3. The van der Waals surface area contributed by atoms with E-state index in [1.54, 1.807) is 12.3 Å². The molecule has 4 heteroatoms. The van der Waals surface area contributed by atoms with Crippen LogP contribution in [-0.4, -0.2) is 23.9 Å². The number of fused-ring (bicyclic) bond motifs is 2. The van der Waals surface area contributed by atoms with Crippen LogP contribution in [0, 0.1) is 11.1 Å². The van der Waals surface area contributed by atoms with Gasteiger partial charge in [-0.25, -0.2) is 0 Å². The number of nitrogens with zero attached hydrogens (tertiary/aromatic N) is 1. The second-order valence-electron chi connectivity index (χ2n) is 6.29. The summed E-state index contributed by atoms with van der Waals surface area (Å²) < 4.78 is 0. The van der Waals surface area contributed by atoms with Crippen molar-refractivity contribution < 1.29 is 9.86 Å². The SMILES string of the molecule is O=C(C1=CC=C2C[NH+]([O-])CC[C@H]2C1)c1ccnc2ccccc12. The molecule has 1 aliphatic carbocycles. The minimum atomic E-state index is 0.0794. The smallest absolute Gasteiger partial charge is 0.189 e. The van der Waals surface area contributed by atoms with Gasteiger partial charge in [0.05, 0.1) is 18.6 Å². The zero-order chi connectivity index (χ0) is 15.8. The Kier molecular flexibility index (Phi) is 3.56. The van der Waals surface area contributed by atoms with Crippen LogP contribution in [0.3, 0.4) is 0 Å². The Balaban J connectivity index is 1.69. The van der Waals surface area contributed by atoms with Crippen LogP contribution < -0.4 is 5.06 Å². The summed E-state index contributed by atoms with van der Waals surface area (Å²) in [5.41, 5.74) is 3.58. The summed E-state index contributed by atoms with van der Waals surface area (Å²) in [7, 11) is 0. The number of aromatic nitrogens is 1. The number of hydrogen-bond donors (Lipinski definition) is 1. The molecule has 1 saturated heterocycles. The van der Waals surface area contributed by atoms with E-state index in [2.05, 4.69) is 4.98 Å². The van der Waals surface area contributed by atoms with E-state index in [-0.39, 0.29) is 5.78 Å². The fraction of sp³-hybridized carbons (Fsp3) is 0.263. The molecule has 4 rings (SSSR count). The number of allylic oxidation sites excluding steroid dienone is 3. The number of carbonyl (C=O) groups excluding carboxylic acids is 1. The number of nitrogens with one attached hydrogen (secondary N) is 1. The fourth-order valence-corrected chi connectivity index (χ4v) is 3.59. The number of para-hydroxylation sites is 1. The third-order valence-electron chi connectivity index (χ3n) is 4.85. The topological polar surface area (TPSA) is 57.5 Å². The molecule has 2 aliphatic rings. The Morgan fingerprint density at radius 2 is 2.09 bits per heavy atom. The standard InChI is InChI=1S/C19H18N2O2/c22-19(17-7-9-20-18-4-2-1-3-16(17)18)14-5-6-15-12-21(23)10-8-13(15)11-14/h1-7,9,13,21H,8,10-12H2/t13-/m0/s1. The average Bonchev–Trinajstić information content (AvgIpc) is 2.60. The minimum absolute atomic E-state index is 0.0794. The molecule has 2 heterocycles. The van der Waals surface area contributed by atoms with Crippen molar-refractivity contribution in [2.75, 3.05) is 13.1 Å². The first kappa shape index (κ1) is 14.3. The van der Waals surface area contributed by atoms with Crippen LogP contribution >= 0.6 is 0 Å². The summed E-state index contributed by atoms with van der Waals surface area (Å²) in [5.74, 6) is 0.431. The third-order valence-corrected chi connectivity index (χ3v) is 4.85. The van der Waals surface area contributed by atoms with Crippen molar-refractivity contribution in [2.24, 2.45) is 5.92 Å². The molecular weight excluding hydrogens is 288 g/mol. The van der Waals surface area contributed by atoms with Crippen molar-refractivity contribution in [1.82, 2.24) is 4.98 Å². The largest absolute Gasteiger partial charge is 0.634 e. The van der Waals surface area contributed by atoms with Crippen molar-refractivity contribution in [3.05, 3.63) is 70.6 Å². The van der Waals surface area contributed by atoms with Crippen LogP contribution in [0.5, 0.6) is 0 Å². The molecule has 1 aromatic carbocycles. The molecule has 1 unspecified atom stereocenters. The van der Waals surface area contributed by atoms with Gasteiger partial charge in [0.15, 0.2) is 5.78 Å². The molecule has 23 heavy (non-hydrogen) atoms. The number of ketones is 1. The molecule has 4 nitrogen and oxygen atoms in total. The Labute approximate surface area is 134 Å². The predicted octanol–water partition coefficient (Wildman–Crippen LogP) is 2.08. The maximum absolute atomic E-state index is 13.0. The first-order valence-corrected chi connectivity index (χ1v) is 8.02. The molecule has 1 aliphatic heterocycles. The highest BCUT2D eigenvalue weighted by atomic mass is 16.5. The quantitative estimate of drug-likeness (QED) is 0.682. The van der Waals surface area contributed by atoms with Gasteiger partial charge in [-0.1, -0.05) is 30.4 Å². The van der Waals surface area contributed by atoms with Crippen molar-refractivity contribution in [3.63, 3.8) is 0 Å². The highest BCUT2D eigenvalue weighted by Crippen LogP contribution is 2.31. The number of pyridine rings is 1. The number of benzene rings is 1. The lowest BCUT2D eigenvalue weighted by Gasteiger charge is -2.35. The van der Waals surface area contributed by atoms with E-state index in [0.29, 0.717) is 29.6 Å². The van der Waals surface area contributed by atoms with E-state index < -0.39 is 0 Å². The summed E-state index contributed by atoms with van der Waals surface area (Å²) >= 11 is 0. The molecule has 1 aromatic heterocycles. The summed E-state index contributed by atoms with van der Waals surface area (Å²) in [4.78, 5) is 17.3. The van der Waals surface area contributed by atoms with E-state index in [9.17, 15) is 10.0 Å². The van der Waals surface area contributed by atoms with Crippen LogP contribution in [0.25, 0.3) is 10.9 Å². The molecule has 2 aromatic rings. The Morgan fingerprint density at radius 1 is 1.22 bits per heavy atom. The number of quaternary nitrogens is 1. The van der Waals surface area contributed by atoms with Crippen molar-refractivity contribution in [3.8, 4) is 0 Å². The van der Waals surface area contributed by atoms with Crippen LogP contribution in [0.2, 0.25) is 0 Å². The van der Waals surface area contributed by atoms with E-state index >= 15 is 0 Å². The Morgan fingerprint density at radius 3 is 3.00 bits per heavy atom. The zero-order valence-electron chi connectivity index (χ0n) is 12.8. The Hall–Kier alpha value is -2.30. The molecular formula is C19H18N2O2. The summed E-state index contributed by atoms with van der Waals surface area (Å²) in [6, 6.07) is 9.53. The predicted molar refractivity (Wildman–Crippen MR) is 89.0 cm³/mol. The molecule has 1 fully saturated rings. The van der Waals surface area contributed by atoms with E-state index in [1.165, 1.54) is 5.57 Å². The van der Waals surface area contributed by atoms with Crippen LogP contribution in [0.15, 0.2) is 59.8 Å². The van der Waals surface area contributed by atoms with Gasteiger partial charge in [-0.15, -0.1) is 0 Å². The van der Waals surface area contributed by atoms with Crippen LogP contribution in [0.1, 0.15) is 23.2 Å². The first-order chi connectivity index (χ1) is 11.2. The Bertz CT molecular complexity index is 833. The summed E-state index contributed by atoms with van der Waals surface area (Å²) in [6.45, 7) is 1.20. The lowest BCUT2D eigenvalue weighted by Crippen LogP contribution is -3.08. The molecule has 0 saturated carbocycles. The maximum atomic E-state index is 13.0. The van der Waals surface area contributed by atoms with Crippen molar-refractivity contribution in [1.29, 1.82) is 0 Å².